The molecule has 0 N–H and O–H groups in total. The summed E-state index contributed by atoms with van der Waals surface area (Å²) < 4.78 is 12.2. The van der Waals surface area contributed by atoms with Crippen molar-refractivity contribution in [1.82, 2.24) is 0 Å². The van der Waals surface area contributed by atoms with Gasteiger partial charge in [-0.1, -0.05) is 60.7 Å². The highest BCUT2D eigenvalue weighted by Crippen LogP contribution is 2.54. The van der Waals surface area contributed by atoms with Crippen LogP contribution >= 0.6 is 15.9 Å². The molecule has 1 aliphatic rings. The van der Waals surface area contributed by atoms with E-state index in [-0.39, 0.29) is 19.5 Å². The Hall–Kier alpha value is -1.72. The van der Waals surface area contributed by atoms with Gasteiger partial charge in [-0.2, -0.15) is 0 Å². The normalized spacial score (nSPS) is 23.5. The minimum Gasteiger partial charge on any atom is -0.498 e. The first kappa shape index (κ1) is 16.1. The van der Waals surface area contributed by atoms with E-state index in [1.54, 1.807) is 0 Å². The molecule has 2 unspecified atom stereocenters. The number of carboxylic acid groups (broad SMARTS) is 1. The molecule has 120 valence electrons. The van der Waals surface area contributed by atoms with E-state index in [1.165, 1.54) is 0 Å². The molecule has 0 heterocycles. The van der Waals surface area contributed by atoms with E-state index in [9.17, 15) is 14.3 Å². The smallest absolute Gasteiger partial charge is 0.258 e. The molecular weight excluding hydrogens is 361 g/mol. The highest BCUT2D eigenvalue weighted by atomic mass is 79.9. The zero-order chi connectivity index (χ0) is 16.5. The van der Waals surface area contributed by atoms with Gasteiger partial charge in [0, 0.05) is 11.1 Å². The summed E-state index contributed by atoms with van der Waals surface area (Å²) >= 11 is 3.01. The van der Waals surface area contributed by atoms with E-state index < -0.39 is 21.2 Å². The van der Waals surface area contributed by atoms with Crippen LogP contribution in [0.4, 0.5) is 9.18 Å². The van der Waals surface area contributed by atoms with Crippen molar-refractivity contribution < 1.29 is 18.8 Å². The molecule has 3 rings (SSSR count). The standard InChI is InChI=1S/C18H17BrFNO2/c19-18(20)11-16(18)21(17(22)23,12-14-7-3-1-4-8-14)13-15-9-5-2-6-10-15/h1-10,16H,11-13H2. The third-order valence-electron chi connectivity index (χ3n) is 4.37. The first-order chi connectivity index (χ1) is 10.9. The Morgan fingerprint density at radius 1 is 1.09 bits per heavy atom. The van der Waals surface area contributed by atoms with Gasteiger partial charge in [0.2, 0.25) is 4.58 Å². The zero-order valence-electron chi connectivity index (χ0n) is 12.5. The largest absolute Gasteiger partial charge is 0.498 e. The Kier molecular flexibility index (Phi) is 4.25. The van der Waals surface area contributed by atoms with Gasteiger partial charge in [0.1, 0.15) is 19.1 Å². The second-order valence-corrected chi connectivity index (χ2v) is 7.39. The number of carbonyl (C=O) groups is 1. The molecule has 0 aromatic heterocycles. The van der Waals surface area contributed by atoms with Gasteiger partial charge in [-0.3, -0.25) is 4.48 Å². The summed E-state index contributed by atoms with van der Waals surface area (Å²) in [7, 11) is 0. The maximum Gasteiger partial charge on any atom is 0.258 e. The maximum absolute atomic E-state index is 14.3. The van der Waals surface area contributed by atoms with Gasteiger partial charge < -0.3 is 9.90 Å². The van der Waals surface area contributed by atoms with Crippen LogP contribution in [0, 0.1) is 0 Å². The Morgan fingerprint density at radius 2 is 1.48 bits per heavy atom. The van der Waals surface area contributed by atoms with Gasteiger partial charge in [-0.05, 0) is 15.9 Å². The Labute approximate surface area is 143 Å². The molecule has 1 saturated carbocycles. The first-order valence-electron chi connectivity index (χ1n) is 7.48. The van der Waals surface area contributed by atoms with Crippen molar-refractivity contribution in [3.63, 3.8) is 0 Å². The lowest BCUT2D eigenvalue weighted by Gasteiger charge is -2.39. The van der Waals surface area contributed by atoms with Crippen LogP contribution in [0.2, 0.25) is 0 Å². The number of alkyl halides is 2. The summed E-state index contributed by atoms with van der Waals surface area (Å²) in [4.78, 5) is 12.1. The molecule has 1 amide bonds. The fourth-order valence-corrected chi connectivity index (χ4v) is 3.78. The molecule has 0 radical (unpaired) electrons. The van der Waals surface area contributed by atoms with Crippen LogP contribution in [0.15, 0.2) is 60.7 Å². The molecule has 1 aliphatic carbocycles. The van der Waals surface area contributed by atoms with Crippen LogP contribution in [0.1, 0.15) is 17.5 Å². The topological polar surface area (TPSA) is 40.1 Å². The monoisotopic (exact) mass is 377 g/mol. The van der Waals surface area contributed by atoms with Crippen molar-refractivity contribution in [2.24, 2.45) is 0 Å². The third kappa shape index (κ3) is 3.31. The molecule has 0 saturated heterocycles. The molecule has 5 heteroatoms. The number of amides is 1. The molecule has 0 spiro atoms. The van der Waals surface area contributed by atoms with E-state index >= 15 is 0 Å². The Morgan fingerprint density at radius 3 is 1.78 bits per heavy atom. The lowest BCUT2D eigenvalue weighted by Crippen LogP contribution is -2.60. The van der Waals surface area contributed by atoms with Crippen LogP contribution < -0.4 is 5.11 Å². The lowest BCUT2D eigenvalue weighted by molar-refractivity contribution is -0.913. The van der Waals surface area contributed by atoms with Crippen LogP contribution in [0.5, 0.6) is 0 Å². The molecule has 3 nitrogen and oxygen atoms in total. The van der Waals surface area contributed by atoms with Crippen molar-refractivity contribution in [1.29, 1.82) is 0 Å². The minimum absolute atomic E-state index is 0.167. The van der Waals surface area contributed by atoms with Crippen molar-refractivity contribution in [2.75, 3.05) is 0 Å². The number of carbonyl (C=O) groups excluding carboxylic acids is 1. The molecule has 2 atom stereocenters. The van der Waals surface area contributed by atoms with E-state index in [2.05, 4.69) is 15.9 Å². The lowest BCUT2D eigenvalue weighted by atomic mass is 10.1. The zero-order valence-corrected chi connectivity index (χ0v) is 14.1. The van der Waals surface area contributed by atoms with Gasteiger partial charge in [0.25, 0.3) is 6.09 Å². The van der Waals surface area contributed by atoms with Crippen LogP contribution in [-0.4, -0.2) is 21.2 Å². The average Bonchev–Trinajstić information content (AvgIpc) is 3.17. The third-order valence-corrected chi connectivity index (χ3v) is 5.22. The second-order valence-electron chi connectivity index (χ2n) is 6.07. The molecule has 1 fully saturated rings. The molecule has 2 aromatic rings. The van der Waals surface area contributed by atoms with Gasteiger partial charge in [0.15, 0.2) is 0 Å². The van der Waals surface area contributed by atoms with E-state index in [0.717, 1.165) is 11.1 Å². The van der Waals surface area contributed by atoms with E-state index in [0.29, 0.717) is 0 Å². The molecular formula is C18H17BrFNO2. The van der Waals surface area contributed by atoms with Crippen LogP contribution in [0.25, 0.3) is 0 Å². The van der Waals surface area contributed by atoms with E-state index in [4.69, 9.17) is 0 Å². The fourth-order valence-electron chi connectivity index (χ4n) is 3.09. The van der Waals surface area contributed by atoms with Crippen molar-refractivity contribution in [3.05, 3.63) is 71.8 Å². The Balaban J connectivity index is 1.98. The number of halogens is 2. The van der Waals surface area contributed by atoms with Gasteiger partial charge in [-0.25, -0.2) is 4.39 Å². The summed E-state index contributed by atoms with van der Waals surface area (Å²) in [6.45, 7) is 0.389. The predicted molar refractivity (Wildman–Crippen MR) is 87.1 cm³/mol. The van der Waals surface area contributed by atoms with Gasteiger partial charge >= 0.3 is 0 Å². The minimum atomic E-state index is -1.64. The van der Waals surface area contributed by atoms with Gasteiger partial charge in [-0.15, -0.1) is 0 Å². The highest BCUT2D eigenvalue weighted by Gasteiger charge is 2.67. The van der Waals surface area contributed by atoms with Crippen molar-refractivity contribution in [3.8, 4) is 0 Å². The summed E-state index contributed by atoms with van der Waals surface area (Å²) in [6.07, 6.45) is -1.08. The number of hydrogen-bond acceptors (Lipinski definition) is 2. The maximum atomic E-state index is 14.3. The van der Waals surface area contributed by atoms with E-state index in [1.807, 2.05) is 60.7 Å². The molecule has 2 aromatic carbocycles. The van der Waals surface area contributed by atoms with Crippen molar-refractivity contribution >= 4 is 22.0 Å². The molecule has 0 aliphatic heterocycles. The first-order valence-corrected chi connectivity index (χ1v) is 8.27. The fraction of sp³-hybridized carbons (Fsp3) is 0.278. The van der Waals surface area contributed by atoms with Crippen LogP contribution in [-0.2, 0) is 13.1 Å². The average molecular weight is 378 g/mol. The summed E-state index contributed by atoms with van der Waals surface area (Å²) in [5.41, 5.74) is 1.70. The number of quaternary nitrogens is 1. The number of benzene rings is 2. The SMILES string of the molecule is O=C([O-])[N+](Cc1ccccc1)(Cc1ccccc1)C1CC1(F)Br. The summed E-state index contributed by atoms with van der Waals surface area (Å²) in [5, 5.41) is 12.1. The number of rotatable bonds is 5. The quantitative estimate of drug-likeness (QED) is 0.591. The van der Waals surface area contributed by atoms with Gasteiger partial charge in [0.05, 0.1) is 6.42 Å². The molecule has 0 bridgehead atoms. The number of hydrogen-bond donors (Lipinski definition) is 0. The molecule has 23 heavy (non-hydrogen) atoms. The van der Waals surface area contributed by atoms with Crippen molar-refractivity contribution in [2.45, 2.75) is 30.1 Å². The van der Waals surface area contributed by atoms with Crippen LogP contribution in [0.3, 0.4) is 0 Å². The predicted octanol–water partition coefficient (Wildman–Crippen LogP) is 3.38. The second kappa shape index (κ2) is 6.06. The number of nitrogens with zero attached hydrogens (tertiary/aromatic N) is 1. The Bertz CT molecular complexity index is 649. The summed E-state index contributed by atoms with van der Waals surface area (Å²) in [6, 6.07) is 17.9. The summed E-state index contributed by atoms with van der Waals surface area (Å²) in [5.74, 6) is 0. The highest BCUT2D eigenvalue weighted by molar-refractivity contribution is 9.10.